The fourth-order valence-electron chi connectivity index (χ4n) is 4.14. The molecule has 1 saturated heterocycles. The summed E-state index contributed by atoms with van der Waals surface area (Å²) in [6.07, 6.45) is 3.09. The molecule has 2 aromatic carbocycles. The first-order valence-corrected chi connectivity index (χ1v) is 12.0. The number of pyridine rings is 1. The summed E-state index contributed by atoms with van der Waals surface area (Å²) in [5.74, 6) is -0.424. The summed E-state index contributed by atoms with van der Waals surface area (Å²) in [5, 5.41) is 5.79. The Balaban J connectivity index is 1.60. The van der Waals surface area contributed by atoms with Crippen LogP contribution in [0.15, 0.2) is 73.1 Å². The van der Waals surface area contributed by atoms with E-state index in [9.17, 15) is 14.4 Å². The smallest absolute Gasteiger partial charge is 0.411 e. The zero-order valence-corrected chi connectivity index (χ0v) is 20.4. The molecular formula is C28H30N4O4. The maximum Gasteiger partial charge on any atom is 0.411 e. The Morgan fingerprint density at radius 1 is 1.06 bits per heavy atom. The van der Waals surface area contributed by atoms with Crippen LogP contribution < -0.4 is 10.6 Å². The number of aryl methyl sites for hydroxylation is 1. The number of amides is 3. The Bertz CT molecular complexity index is 1210. The van der Waals surface area contributed by atoms with Gasteiger partial charge in [-0.05, 0) is 48.2 Å². The van der Waals surface area contributed by atoms with Crippen LogP contribution in [-0.2, 0) is 27.4 Å². The van der Waals surface area contributed by atoms with E-state index in [0.717, 1.165) is 23.1 Å². The number of anilines is 1. The van der Waals surface area contributed by atoms with Crippen molar-refractivity contribution in [1.82, 2.24) is 15.2 Å². The average molecular weight is 487 g/mol. The third-order valence-corrected chi connectivity index (χ3v) is 5.99. The summed E-state index contributed by atoms with van der Waals surface area (Å²) in [6.45, 7) is 4.43. The second-order valence-electron chi connectivity index (χ2n) is 8.87. The Kier molecular flexibility index (Phi) is 7.95. The minimum Gasteiger partial charge on any atom is -0.438 e. The normalized spacial score (nSPS) is 16.9. The van der Waals surface area contributed by atoms with Gasteiger partial charge in [-0.15, -0.1) is 0 Å². The van der Waals surface area contributed by atoms with Gasteiger partial charge in [0.25, 0.3) is 0 Å². The van der Waals surface area contributed by atoms with Crippen molar-refractivity contribution in [3.63, 3.8) is 0 Å². The van der Waals surface area contributed by atoms with Gasteiger partial charge in [-0.25, -0.2) is 4.79 Å². The van der Waals surface area contributed by atoms with Gasteiger partial charge in [0.2, 0.25) is 11.8 Å². The van der Waals surface area contributed by atoms with E-state index < -0.39 is 18.2 Å². The molecule has 0 radical (unpaired) electrons. The second-order valence-corrected chi connectivity index (χ2v) is 8.87. The van der Waals surface area contributed by atoms with E-state index in [2.05, 4.69) is 15.6 Å². The lowest BCUT2D eigenvalue weighted by Gasteiger charge is -2.24. The highest BCUT2D eigenvalue weighted by molar-refractivity contribution is 5.91. The van der Waals surface area contributed by atoms with Gasteiger partial charge in [-0.3, -0.25) is 19.5 Å². The topological polar surface area (TPSA) is 101 Å². The number of ether oxygens (including phenoxy) is 1. The Labute approximate surface area is 210 Å². The van der Waals surface area contributed by atoms with E-state index in [1.807, 2.05) is 44.2 Å². The number of benzene rings is 2. The summed E-state index contributed by atoms with van der Waals surface area (Å²) in [5.41, 5.74) is 4.06. The second kappa shape index (κ2) is 11.5. The van der Waals surface area contributed by atoms with E-state index in [4.69, 9.17) is 4.74 Å². The first-order chi connectivity index (χ1) is 17.4. The number of carbonyl (C=O) groups is 3. The summed E-state index contributed by atoms with van der Waals surface area (Å²) in [6, 6.07) is 17.7. The van der Waals surface area contributed by atoms with Crippen LogP contribution >= 0.6 is 0 Å². The first kappa shape index (κ1) is 24.9. The molecule has 2 heterocycles. The zero-order chi connectivity index (χ0) is 25.5. The van der Waals surface area contributed by atoms with Crippen molar-refractivity contribution in [3.8, 4) is 0 Å². The molecule has 2 N–H and O–H groups in total. The molecule has 0 bridgehead atoms. The van der Waals surface area contributed by atoms with E-state index >= 15 is 0 Å². The van der Waals surface area contributed by atoms with Crippen molar-refractivity contribution in [2.45, 2.75) is 51.9 Å². The minimum absolute atomic E-state index is 0.0928. The Hall–Kier alpha value is -4.20. The van der Waals surface area contributed by atoms with Crippen molar-refractivity contribution in [2.24, 2.45) is 0 Å². The van der Waals surface area contributed by atoms with E-state index in [-0.39, 0.29) is 24.9 Å². The van der Waals surface area contributed by atoms with Crippen molar-refractivity contribution in [2.75, 3.05) is 5.32 Å². The van der Waals surface area contributed by atoms with Crippen LogP contribution in [-0.4, -0.2) is 33.8 Å². The molecular weight excluding hydrogens is 456 g/mol. The lowest BCUT2D eigenvalue weighted by molar-refractivity contribution is -0.126. The molecule has 3 aromatic rings. The predicted molar refractivity (Wildman–Crippen MR) is 136 cm³/mol. The summed E-state index contributed by atoms with van der Waals surface area (Å²) in [4.78, 5) is 44.1. The fraction of sp³-hybridized carbons (Fsp3) is 0.286. The monoisotopic (exact) mass is 486 g/mol. The predicted octanol–water partition coefficient (Wildman–Crippen LogP) is 4.51. The first-order valence-electron chi connectivity index (χ1n) is 12.0. The highest BCUT2D eigenvalue weighted by atomic mass is 16.6. The van der Waals surface area contributed by atoms with Crippen LogP contribution in [0.2, 0.25) is 0 Å². The molecule has 4 rings (SSSR count). The molecule has 0 saturated carbocycles. The molecule has 1 fully saturated rings. The van der Waals surface area contributed by atoms with Crippen LogP contribution in [0.4, 0.5) is 10.5 Å². The molecule has 1 aliphatic heterocycles. The summed E-state index contributed by atoms with van der Waals surface area (Å²) >= 11 is 0. The van der Waals surface area contributed by atoms with Gasteiger partial charge in [-0.2, -0.15) is 0 Å². The maximum atomic E-state index is 13.5. The van der Waals surface area contributed by atoms with Gasteiger partial charge in [-0.1, -0.05) is 55.0 Å². The number of nitrogens with one attached hydrogen (secondary N) is 2. The standard InChI is InChI=1S/C28H30N4O4/c1-3-6-24(33)31-23-9-4-8-22(15-23)26-25(27(34)30-17-21-7-5-14-29-16-21)32(28(35)36-26)18-20-12-10-19(2)11-13-20/h4-5,7-16,25-26H,3,6,17-18H2,1-2H3,(H,30,34)(H,31,33). The largest absolute Gasteiger partial charge is 0.438 e. The van der Waals surface area contributed by atoms with Crippen LogP contribution in [0.25, 0.3) is 0 Å². The molecule has 2 unspecified atom stereocenters. The quantitative estimate of drug-likeness (QED) is 0.464. The van der Waals surface area contributed by atoms with Gasteiger partial charge in [0, 0.05) is 31.0 Å². The van der Waals surface area contributed by atoms with Gasteiger partial charge in [0.05, 0.1) is 6.54 Å². The molecule has 0 spiro atoms. The SMILES string of the molecule is CCCC(=O)Nc1cccc(C2OC(=O)N(Cc3ccc(C)cc3)C2C(=O)NCc2cccnc2)c1. The molecule has 1 aliphatic rings. The summed E-state index contributed by atoms with van der Waals surface area (Å²) < 4.78 is 5.75. The maximum absolute atomic E-state index is 13.5. The minimum atomic E-state index is -0.892. The van der Waals surface area contributed by atoms with Crippen LogP contribution in [0, 0.1) is 6.92 Å². The number of aromatic nitrogens is 1. The third-order valence-electron chi connectivity index (χ3n) is 5.99. The molecule has 36 heavy (non-hydrogen) atoms. The van der Waals surface area contributed by atoms with E-state index in [1.165, 1.54) is 4.90 Å². The number of hydrogen-bond donors (Lipinski definition) is 2. The molecule has 0 aliphatic carbocycles. The van der Waals surface area contributed by atoms with Crippen molar-refractivity contribution in [3.05, 3.63) is 95.3 Å². The van der Waals surface area contributed by atoms with Crippen molar-refractivity contribution < 1.29 is 19.1 Å². The highest BCUT2D eigenvalue weighted by Gasteiger charge is 2.47. The van der Waals surface area contributed by atoms with Crippen LogP contribution in [0.1, 0.15) is 48.1 Å². The van der Waals surface area contributed by atoms with Gasteiger partial charge >= 0.3 is 6.09 Å². The number of hydrogen-bond acceptors (Lipinski definition) is 5. The number of rotatable bonds is 9. The number of carbonyl (C=O) groups excluding carboxylic acids is 3. The van der Waals surface area contributed by atoms with Gasteiger partial charge in [0.15, 0.2) is 12.1 Å². The molecule has 8 nitrogen and oxygen atoms in total. The zero-order valence-electron chi connectivity index (χ0n) is 20.4. The summed E-state index contributed by atoms with van der Waals surface area (Å²) in [7, 11) is 0. The van der Waals surface area contributed by atoms with Crippen LogP contribution in [0.5, 0.6) is 0 Å². The lowest BCUT2D eigenvalue weighted by atomic mass is 10.00. The molecule has 8 heteroatoms. The van der Waals surface area contributed by atoms with Crippen LogP contribution in [0.3, 0.4) is 0 Å². The fourth-order valence-corrected chi connectivity index (χ4v) is 4.14. The molecule has 186 valence electrons. The molecule has 3 amide bonds. The number of nitrogens with zero attached hydrogens (tertiary/aromatic N) is 2. The highest BCUT2D eigenvalue weighted by Crippen LogP contribution is 2.35. The molecule has 2 atom stereocenters. The lowest BCUT2D eigenvalue weighted by Crippen LogP contribution is -2.46. The van der Waals surface area contributed by atoms with Gasteiger partial charge < -0.3 is 15.4 Å². The van der Waals surface area contributed by atoms with Crippen molar-refractivity contribution >= 4 is 23.6 Å². The van der Waals surface area contributed by atoms with Gasteiger partial charge in [0.1, 0.15) is 0 Å². The Morgan fingerprint density at radius 3 is 2.58 bits per heavy atom. The molecule has 1 aromatic heterocycles. The average Bonchev–Trinajstić information content (AvgIpc) is 3.20. The Morgan fingerprint density at radius 2 is 1.86 bits per heavy atom. The number of cyclic esters (lactones) is 1. The van der Waals surface area contributed by atoms with E-state index in [1.54, 1.807) is 42.7 Å². The van der Waals surface area contributed by atoms with Crippen molar-refractivity contribution in [1.29, 1.82) is 0 Å². The third kappa shape index (κ3) is 6.07. The van der Waals surface area contributed by atoms with E-state index in [0.29, 0.717) is 17.7 Å².